The molecule has 1 heterocycles. The molecule has 0 amide bonds. The van der Waals surface area contributed by atoms with E-state index >= 15 is 0 Å². The maximum absolute atomic E-state index is 4.44. The second-order valence-electron chi connectivity index (χ2n) is 6.26. The van der Waals surface area contributed by atoms with Crippen LogP contribution < -0.4 is 10.6 Å². The van der Waals surface area contributed by atoms with E-state index in [0.717, 1.165) is 24.1 Å². The summed E-state index contributed by atoms with van der Waals surface area (Å²) in [4.78, 5) is 8.75. The summed E-state index contributed by atoms with van der Waals surface area (Å²) >= 11 is 0. The average Bonchev–Trinajstić information content (AvgIpc) is 3.16. The Morgan fingerprint density at radius 2 is 1.79 bits per heavy atom. The molecule has 0 radical (unpaired) electrons. The molecule has 0 spiro atoms. The highest BCUT2D eigenvalue weighted by molar-refractivity contribution is 5.58. The van der Waals surface area contributed by atoms with Crippen molar-refractivity contribution in [1.29, 1.82) is 0 Å². The first-order chi connectivity index (χ1) is 9.00. The lowest BCUT2D eigenvalue weighted by Gasteiger charge is -2.22. The monoisotopic (exact) mass is 262 g/mol. The topological polar surface area (TPSA) is 49.8 Å². The van der Waals surface area contributed by atoms with Crippen LogP contribution in [-0.4, -0.2) is 23.6 Å². The Balaban J connectivity index is 2.16. The van der Waals surface area contributed by atoms with E-state index in [9.17, 15) is 0 Å². The van der Waals surface area contributed by atoms with Gasteiger partial charge in [0, 0.05) is 19.2 Å². The van der Waals surface area contributed by atoms with Gasteiger partial charge in [0.1, 0.15) is 18.0 Å². The van der Waals surface area contributed by atoms with Crippen LogP contribution in [0, 0.1) is 11.3 Å². The maximum Gasteiger partial charge on any atom is 0.135 e. The average molecular weight is 262 g/mol. The molecule has 0 unspecified atom stereocenters. The maximum atomic E-state index is 4.44. The number of hydrogen-bond donors (Lipinski definition) is 2. The van der Waals surface area contributed by atoms with E-state index in [1.165, 1.54) is 18.4 Å². The number of aromatic nitrogens is 2. The Kier molecular flexibility index (Phi) is 3.97. The standard InChI is InChI=1S/C15H26N4/c1-10(2)12-13(16-5)18-9-19-14(12)17-8-15(6-7-15)11(3)4/h9-11H,6-8H2,1-5H3,(H2,16,17,18,19). The summed E-state index contributed by atoms with van der Waals surface area (Å²) in [7, 11) is 1.91. The molecule has 1 saturated carbocycles. The number of hydrogen-bond acceptors (Lipinski definition) is 4. The van der Waals surface area contributed by atoms with Gasteiger partial charge in [-0.15, -0.1) is 0 Å². The molecule has 0 aliphatic heterocycles. The van der Waals surface area contributed by atoms with Crippen molar-refractivity contribution in [3.05, 3.63) is 11.9 Å². The van der Waals surface area contributed by atoms with E-state index in [4.69, 9.17) is 0 Å². The van der Waals surface area contributed by atoms with Crippen molar-refractivity contribution in [2.24, 2.45) is 11.3 Å². The van der Waals surface area contributed by atoms with Crippen molar-refractivity contribution in [1.82, 2.24) is 9.97 Å². The van der Waals surface area contributed by atoms with E-state index < -0.39 is 0 Å². The Morgan fingerprint density at radius 3 is 2.26 bits per heavy atom. The molecule has 0 saturated heterocycles. The first kappa shape index (κ1) is 14.1. The van der Waals surface area contributed by atoms with Crippen LogP contribution in [0.5, 0.6) is 0 Å². The molecule has 2 rings (SSSR count). The van der Waals surface area contributed by atoms with Gasteiger partial charge in [-0.2, -0.15) is 0 Å². The molecule has 2 N–H and O–H groups in total. The van der Waals surface area contributed by atoms with Crippen LogP contribution in [-0.2, 0) is 0 Å². The molecule has 1 aliphatic carbocycles. The molecule has 19 heavy (non-hydrogen) atoms. The van der Waals surface area contributed by atoms with Crippen LogP contribution in [0.4, 0.5) is 11.6 Å². The molecular weight excluding hydrogens is 236 g/mol. The molecule has 1 fully saturated rings. The normalized spacial score (nSPS) is 16.8. The zero-order chi connectivity index (χ0) is 14.0. The van der Waals surface area contributed by atoms with Gasteiger partial charge in [-0.05, 0) is 30.1 Å². The summed E-state index contributed by atoms with van der Waals surface area (Å²) in [5, 5.41) is 6.72. The van der Waals surface area contributed by atoms with Gasteiger partial charge < -0.3 is 10.6 Å². The number of anilines is 2. The first-order valence-electron chi connectivity index (χ1n) is 7.26. The predicted molar refractivity (Wildman–Crippen MR) is 80.7 cm³/mol. The Bertz CT molecular complexity index is 436. The lowest BCUT2D eigenvalue weighted by atomic mass is 9.92. The minimum atomic E-state index is 0.403. The summed E-state index contributed by atoms with van der Waals surface area (Å²) < 4.78 is 0. The molecule has 1 aliphatic rings. The van der Waals surface area contributed by atoms with E-state index in [-0.39, 0.29) is 0 Å². The van der Waals surface area contributed by atoms with Crippen LogP contribution in [0.15, 0.2) is 6.33 Å². The molecular formula is C15H26N4. The fourth-order valence-corrected chi connectivity index (χ4v) is 2.66. The number of nitrogens with one attached hydrogen (secondary N) is 2. The van der Waals surface area contributed by atoms with E-state index in [0.29, 0.717) is 11.3 Å². The van der Waals surface area contributed by atoms with Gasteiger partial charge in [0.15, 0.2) is 0 Å². The van der Waals surface area contributed by atoms with Crippen molar-refractivity contribution in [2.45, 2.75) is 46.5 Å². The molecule has 4 nitrogen and oxygen atoms in total. The van der Waals surface area contributed by atoms with Crippen LogP contribution in [0.25, 0.3) is 0 Å². The molecule has 1 aromatic rings. The zero-order valence-electron chi connectivity index (χ0n) is 12.7. The minimum Gasteiger partial charge on any atom is -0.373 e. The fourth-order valence-electron chi connectivity index (χ4n) is 2.66. The third-order valence-corrected chi connectivity index (χ3v) is 4.42. The van der Waals surface area contributed by atoms with E-state index in [2.05, 4.69) is 48.3 Å². The van der Waals surface area contributed by atoms with Crippen LogP contribution in [0.3, 0.4) is 0 Å². The second kappa shape index (κ2) is 5.35. The third-order valence-electron chi connectivity index (χ3n) is 4.42. The smallest absolute Gasteiger partial charge is 0.135 e. The number of nitrogens with zero attached hydrogens (tertiary/aromatic N) is 2. The Hall–Kier alpha value is -1.32. The fraction of sp³-hybridized carbons (Fsp3) is 0.733. The van der Waals surface area contributed by atoms with E-state index in [1.54, 1.807) is 6.33 Å². The van der Waals surface area contributed by atoms with Crippen molar-refractivity contribution < 1.29 is 0 Å². The summed E-state index contributed by atoms with van der Waals surface area (Å²) in [6.45, 7) is 10.0. The molecule has 4 heteroatoms. The predicted octanol–water partition coefficient (Wildman–Crippen LogP) is 3.49. The van der Waals surface area contributed by atoms with Crippen molar-refractivity contribution >= 4 is 11.6 Å². The highest BCUT2D eigenvalue weighted by Crippen LogP contribution is 2.51. The highest BCUT2D eigenvalue weighted by atomic mass is 15.1. The van der Waals surface area contributed by atoms with Gasteiger partial charge in [-0.1, -0.05) is 27.7 Å². The third kappa shape index (κ3) is 2.82. The summed E-state index contributed by atoms with van der Waals surface area (Å²) in [6, 6.07) is 0. The van der Waals surface area contributed by atoms with Crippen molar-refractivity contribution in [3.8, 4) is 0 Å². The number of rotatable bonds is 6. The van der Waals surface area contributed by atoms with Crippen LogP contribution in [0.1, 0.15) is 52.0 Å². The largest absolute Gasteiger partial charge is 0.373 e. The van der Waals surface area contributed by atoms with Crippen LogP contribution >= 0.6 is 0 Å². The van der Waals surface area contributed by atoms with Gasteiger partial charge >= 0.3 is 0 Å². The highest BCUT2D eigenvalue weighted by Gasteiger charge is 2.45. The quantitative estimate of drug-likeness (QED) is 0.824. The van der Waals surface area contributed by atoms with Gasteiger partial charge in [-0.25, -0.2) is 9.97 Å². The van der Waals surface area contributed by atoms with E-state index in [1.807, 2.05) is 7.05 Å². The van der Waals surface area contributed by atoms with Crippen LogP contribution in [0.2, 0.25) is 0 Å². The summed E-state index contributed by atoms with van der Waals surface area (Å²) in [5.74, 6) is 3.05. The first-order valence-corrected chi connectivity index (χ1v) is 7.26. The Morgan fingerprint density at radius 1 is 1.16 bits per heavy atom. The molecule has 106 valence electrons. The van der Waals surface area contributed by atoms with Gasteiger partial charge in [0.25, 0.3) is 0 Å². The van der Waals surface area contributed by atoms with Crippen molar-refractivity contribution in [3.63, 3.8) is 0 Å². The van der Waals surface area contributed by atoms with Crippen molar-refractivity contribution in [2.75, 3.05) is 24.2 Å². The zero-order valence-corrected chi connectivity index (χ0v) is 12.7. The SMILES string of the molecule is CNc1ncnc(NCC2(C(C)C)CC2)c1C(C)C. The Labute approximate surface area is 116 Å². The van der Waals surface area contributed by atoms with Gasteiger partial charge in [0.05, 0.1) is 0 Å². The lowest BCUT2D eigenvalue weighted by Crippen LogP contribution is -2.22. The lowest BCUT2D eigenvalue weighted by molar-refractivity contribution is 0.379. The second-order valence-corrected chi connectivity index (χ2v) is 6.26. The summed E-state index contributed by atoms with van der Waals surface area (Å²) in [6.07, 6.45) is 4.30. The van der Waals surface area contributed by atoms with Gasteiger partial charge in [0.2, 0.25) is 0 Å². The molecule has 0 bridgehead atoms. The summed E-state index contributed by atoms with van der Waals surface area (Å²) in [5.41, 5.74) is 1.67. The molecule has 1 aromatic heterocycles. The minimum absolute atomic E-state index is 0.403. The van der Waals surface area contributed by atoms with Gasteiger partial charge in [-0.3, -0.25) is 0 Å². The molecule has 0 atom stereocenters. The molecule has 0 aromatic carbocycles.